The number of hydrogen-bond donors (Lipinski definition) is 0. The molecule has 0 saturated carbocycles. The molecule has 4 rings (SSSR count). The van der Waals surface area contributed by atoms with Gasteiger partial charge in [-0.2, -0.15) is 0 Å². The molecule has 1 aliphatic rings. The predicted octanol–water partition coefficient (Wildman–Crippen LogP) is 5.36. The monoisotopic (exact) mass is 529 g/mol. The first kappa shape index (κ1) is 21.0. The Kier molecular flexibility index (Phi) is 6.31. The summed E-state index contributed by atoms with van der Waals surface area (Å²) in [6.45, 7) is 0.399. The zero-order valence-electron chi connectivity index (χ0n) is 16.5. The first-order chi connectivity index (χ1) is 15.0. The number of ether oxygens (including phenoxy) is 3. The maximum absolute atomic E-state index is 14.0. The quantitative estimate of drug-likeness (QED) is 0.245. The number of carbonyl (C=O) groups is 1. The molecule has 0 radical (unpaired) electrons. The normalized spacial score (nSPS) is 14.4. The molecule has 7 heteroatoms. The fourth-order valence-corrected chi connectivity index (χ4v) is 3.79. The molecule has 1 heterocycles. The number of esters is 1. The molecule has 3 aromatic rings. The zero-order chi connectivity index (χ0) is 21.8. The molecule has 1 aliphatic heterocycles. The summed E-state index contributed by atoms with van der Waals surface area (Å²) < 4.78 is 31.4. The van der Waals surface area contributed by atoms with Crippen molar-refractivity contribution in [2.75, 3.05) is 7.11 Å². The van der Waals surface area contributed by atoms with Crippen molar-refractivity contribution in [2.24, 2.45) is 4.99 Å². The number of cyclic esters (lactones) is 1. The minimum atomic E-state index is -0.642. The molecule has 0 aromatic heterocycles. The molecular weight excluding hydrogens is 512 g/mol. The lowest BCUT2D eigenvalue weighted by Crippen LogP contribution is -2.07. The van der Waals surface area contributed by atoms with E-state index in [1.54, 1.807) is 31.4 Å². The van der Waals surface area contributed by atoms with Crippen LogP contribution in [-0.4, -0.2) is 19.0 Å². The van der Waals surface area contributed by atoms with Crippen LogP contribution in [-0.2, 0) is 16.1 Å². The van der Waals surface area contributed by atoms with Crippen LogP contribution in [0.5, 0.6) is 11.5 Å². The minimum absolute atomic E-state index is 0.0566. The third-order valence-corrected chi connectivity index (χ3v) is 5.31. The molecule has 31 heavy (non-hydrogen) atoms. The number of hydrogen-bond acceptors (Lipinski definition) is 5. The van der Waals surface area contributed by atoms with Gasteiger partial charge in [-0.15, -0.1) is 0 Å². The van der Waals surface area contributed by atoms with Crippen molar-refractivity contribution in [3.05, 3.63) is 98.5 Å². The minimum Gasteiger partial charge on any atom is -0.493 e. The molecular formula is C24H17FINO4. The van der Waals surface area contributed by atoms with Gasteiger partial charge in [0.15, 0.2) is 17.2 Å². The summed E-state index contributed by atoms with van der Waals surface area (Å²) in [6.07, 6.45) is 1.57. The van der Waals surface area contributed by atoms with E-state index in [1.165, 1.54) is 12.1 Å². The molecule has 156 valence electrons. The highest BCUT2D eigenvalue weighted by atomic mass is 127. The fourth-order valence-electron chi connectivity index (χ4n) is 3.01. The van der Waals surface area contributed by atoms with Gasteiger partial charge in [-0.1, -0.05) is 42.5 Å². The van der Waals surface area contributed by atoms with Gasteiger partial charge >= 0.3 is 5.97 Å². The lowest BCUT2D eigenvalue weighted by atomic mass is 10.1. The van der Waals surface area contributed by atoms with Gasteiger partial charge < -0.3 is 14.2 Å². The molecule has 0 saturated heterocycles. The molecule has 0 atom stereocenters. The second-order valence-corrected chi connectivity index (χ2v) is 7.79. The average molecular weight is 529 g/mol. The predicted molar refractivity (Wildman–Crippen MR) is 123 cm³/mol. The van der Waals surface area contributed by atoms with Crippen molar-refractivity contribution in [3.8, 4) is 11.5 Å². The van der Waals surface area contributed by atoms with Crippen molar-refractivity contribution in [1.29, 1.82) is 0 Å². The Hall–Kier alpha value is -3.20. The summed E-state index contributed by atoms with van der Waals surface area (Å²) in [5.41, 5.74) is 1.93. The molecule has 3 aromatic carbocycles. The van der Waals surface area contributed by atoms with Gasteiger partial charge in [0.25, 0.3) is 0 Å². The largest absolute Gasteiger partial charge is 0.493 e. The summed E-state index contributed by atoms with van der Waals surface area (Å²) >= 11 is 2.15. The van der Waals surface area contributed by atoms with Crippen LogP contribution in [0.3, 0.4) is 0 Å². The van der Waals surface area contributed by atoms with Gasteiger partial charge in [-0.05, 0) is 64.1 Å². The van der Waals surface area contributed by atoms with Gasteiger partial charge in [0.1, 0.15) is 12.4 Å². The van der Waals surface area contributed by atoms with E-state index in [-0.39, 0.29) is 17.2 Å². The molecule has 0 fully saturated rings. The Morgan fingerprint density at radius 3 is 2.58 bits per heavy atom. The van der Waals surface area contributed by atoms with Crippen molar-refractivity contribution in [1.82, 2.24) is 0 Å². The molecule has 0 amide bonds. The number of methoxy groups -OCH3 is 1. The van der Waals surface area contributed by atoms with E-state index >= 15 is 0 Å². The van der Waals surface area contributed by atoms with Gasteiger partial charge in [-0.25, -0.2) is 14.2 Å². The highest BCUT2D eigenvalue weighted by Crippen LogP contribution is 2.35. The van der Waals surface area contributed by atoms with E-state index in [9.17, 15) is 9.18 Å². The Labute approximate surface area is 192 Å². The van der Waals surface area contributed by atoms with Gasteiger partial charge in [0, 0.05) is 0 Å². The summed E-state index contributed by atoms with van der Waals surface area (Å²) in [7, 11) is 1.55. The van der Waals surface area contributed by atoms with Crippen molar-refractivity contribution < 1.29 is 23.4 Å². The summed E-state index contributed by atoms with van der Waals surface area (Å²) in [6, 6.07) is 19.4. The first-order valence-corrected chi connectivity index (χ1v) is 10.4. The van der Waals surface area contributed by atoms with Gasteiger partial charge in [0.2, 0.25) is 5.90 Å². The van der Waals surface area contributed by atoms with Crippen molar-refractivity contribution in [2.45, 2.75) is 6.61 Å². The third-order valence-electron chi connectivity index (χ3n) is 4.51. The highest BCUT2D eigenvalue weighted by molar-refractivity contribution is 14.1. The van der Waals surface area contributed by atoms with Gasteiger partial charge in [-0.3, -0.25) is 0 Å². The van der Waals surface area contributed by atoms with Crippen LogP contribution in [0.25, 0.3) is 6.08 Å². The van der Waals surface area contributed by atoms with Crippen LogP contribution in [0, 0.1) is 9.39 Å². The van der Waals surface area contributed by atoms with Crippen LogP contribution < -0.4 is 9.47 Å². The maximum Gasteiger partial charge on any atom is 0.363 e. The number of aliphatic imine (C=N–C) groups is 1. The SMILES string of the molecule is COc1cc(/C=C2\N=C(c3ccccc3F)OC2=O)cc(I)c1OCc1ccccc1. The summed E-state index contributed by atoms with van der Waals surface area (Å²) in [4.78, 5) is 16.4. The molecule has 0 N–H and O–H groups in total. The van der Waals surface area contributed by atoms with Crippen LogP contribution in [0.15, 0.2) is 77.4 Å². The fraction of sp³-hybridized carbons (Fsp3) is 0.0833. The second-order valence-electron chi connectivity index (χ2n) is 6.62. The average Bonchev–Trinajstić information content (AvgIpc) is 3.13. The smallest absolute Gasteiger partial charge is 0.363 e. The molecule has 0 aliphatic carbocycles. The molecule has 0 spiro atoms. The van der Waals surface area contributed by atoms with Crippen molar-refractivity contribution in [3.63, 3.8) is 0 Å². The maximum atomic E-state index is 14.0. The Balaban J connectivity index is 1.61. The number of halogens is 2. The van der Waals surface area contributed by atoms with Crippen LogP contribution in [0.4, 0.5) is 4.39 Å². The third kappa shape index (κ3) is 4.77. The zero-order valence-corrected chi connectivity index (χ0v) is 18.6. The van der Waals surface area contributed by atoms with E-state index in [4.69, 9.17) is 14.2 Å². The van der Waals surface area contributed by atoms with E-state index in [0.29, 0.717) is 23.7 Å². The molecule has 0 unspecified atom stereocenters. The summed E-state index contributed by atoms with van der Waals surface area (Å²) in [5, 5.41) is 0. The summed E-state index contributed by atoms with van der Waals surface area (Å²) in [5.74, 6) is -0.0695. The van der Waals surface area contributed by atoms with E-state index < -0.39 is 11.8 Å². The standard InChI is InChI=1S/C24H17FINO4/c1-29-21-13-16(11-19(26)22(21)30-14-15-7-3-2-4-8-15)12-20-24(28)31-23(27-20)17-9-5-6-10-18(17)25/h2-13H,14H2,1H3/b20-12-. The van der Waals surface area contributed by atoms with Crippen LogP contribution >= 0.6 is 22.6 Å². The number of benzene rings is 3. The van der Waals surface area contributed by atoms with E-state index in [2.05, 4.69) is 27.6 Å². The Morgan fingerprint density at radius 1 is 1.10 bits per heavy atom. The lowest BCUT2D eigenvalue weighted by molar-refractivity contribution is -0.129. The van der Waals surface area contributed by atoms with Gasteiger partial charge in [0.05, 0.1) is 16.2 Å². The lowest BCUT2D eigenvalue weighted by Gasteiger charge is -2.13. The Morgan fingerprint density at radius 2 is 1.84 bits per heavy atom. The van der Waals surface area contributed by atoms with Crippen LogP contribution in [0.2, 0.25) is 0 Å². The van der Waals surface area contributed by atoms with E-state index in [1.807, 2.05) is 36.4 Å². The second kappa shape index (κ2) is 9.30. The number of carbonyl (C=O) groups excluding carboxylic acids is 1. The molecule has 0 bridgehead atoms. The van der Waals surface area contributed by atoms with Crippen molar-refractivity contribution >= 4 is 40.5 Å². The molecule has 5 nitrogen and oxygen atoms in total. The van der Waals surface area contributed by atoms with E-state index in [0.717, 1.165) is 9.13 Å². The highest BCUT2D eigenvalue weighted by Gasteiger charge is 2.26. The first-order valence-electron chi connectivity index (χ1n) is 9.37. The number of rotatable bonds is 6. The number of nitrogens with zero attached hydrogens (tertiary/aromatic N) is 1. The van der Waals surface area contributed by atoms with Crippen LogP contribution in [0.1, 0.15) is 16.7 Å². The topological polar surface area (TPSA) is 57.1 Å². The Bertz CT molecular complexity index is 1190.